The number of para-hydroxylation sites is 1. The standard InChI is InChI=1S/C35H46O3/c1-32(2,3)23-34(7,8)25-15-13-17-27(21-25)37-30-20-12-11-19-29(30)31(36)38-28-18-14-16-26(22-28)35(9,10)24-33(4,5)6/h11-22H,23-24H2,1-10H3. The lowest BCUT2D eigenvalue weighted by Gasteiger charge is -2.33. The van der Waals surface area contributed by atoms with Gasteiger partial charge in [-0.05, 0) is 82.0 Å². The molecule has 0 aromatic heterocycles. The predicted molar refractivity (Wildman–Crippen MR) is 159 cm³/mol. The molecule has 0 aliphatic carbocycles. The third-order valence-electron chi connectivity index (χ3n) is 6.72. The molecule has 38 heavy (non-hydrogen) atoms. The van der Waals surface area contributed by atoms with Crippen LogP contribution in [0.2, 0.25) is 0 Å². The van der Waals surface area contributed by atoms with Crippen molar-refractivity contribution in [3.05, 3.63) is 89.5 Å². The number of ether oxygens (including phenoxy) is 2. The molecule has 0 aliphatic rings. The molecule has 3 rings (SSSR count). The number of hydrogen-bond acceptors (Lipinski definition) is 3. The van der Waals surface area contributed by atoms with Gasteiger partial charge in [0.1, 0.15) is 22.8 Å². The van der Waals surface area contributed by atoms with E-state index in [2.05, 4.69) is 87.4 Å². The van der Waals surface area contributed by atoms with E-state index in [1.807, 2.05) is 48.5 Å². The van der Waals surface area contributed by atoms with Crippen LogP contribution in [-0.2, 0) is 10.8 Å². The summed E-state index contributed by atoms with van der Waals surface area (Å²) in [7, 11) is 0. The Morgan fingerprint density at radius 3 is 1.61 bits per heavy atom. The van der Waals surface area contributed by atoms with Crippen molar-refractivity contribution in [1.29, 1.82) is 0 Å². The predicted octanol–water partition coefficient (Wildman–Crippen LogP) is 10.1. The topological polar surface area (TPSA) is 35.5 Å². The highest BCUT2D eigenvalue weighted by molar-refractivity contribution is 5.94. The van der Waals surface area contributed by atoms with Gasteiger partial charge in [-0.1, -0.05) is 106 Å². The van der Waals surface area contributed by atoms with Crippen molar-refractivity contribution in [3.8, 4) is 17.2 Å². The minimum atomic E-state index is -0.435. The van der Waals surface area contributed by atoms with E-state index in [1.165, 1.54) is 5.56 Å². The number of carbonyl (C=O) groups excluding carboxylic acids is 1. The zero-order valence-electron chi connectivity index (χ0n) is 25.1. The van der Waals surface area contributed by atoms with Crippen molar-refractivity contribution in [1.82, 2.24) is 0 Å². The molecule has 3 aromatic rings. The molecule has 0 unspecified atom stereocenters. The Balaban J connectivity index is 1.82. The lowest BCUT2D eigenvalue weighted by molar-refractivity contribution is 0.0731. The van der Waals surface area contributed by atoms with Gasteiger partial charge in [0, 0.05) is 0 Å². The van der Waals surface area contributed by atoms with Gasteiger partial charge in [-0.2, -0.15) is 0 Å². The van der Waals surface area contributed by atoms with Gasteiger partial charge in [0.25, 0.3) is 0 Å². The van der Waals surface area contributed by atoms with E-state index in [0.29, 0.717) is 22.8 Å². The maximum absolute atomic E-state index is 13.3. The second-order valence-corrected chi connectivity index (χ2v) is 14.3. The molecule has 0 aliphatic heterocycles. The fourth-order valence-electron chi connectivity index (χ4n) is 5.83. The molecule has 0 heterocycles. The van der Waals surface area contributed by atoms with Crippen LogP contribution in [0, 0.1) is 10.8 Å². The van der Waals surface area contributed by atoms with Gasteiger partial charge in [0.05, 0.1) is 0 Å². The fourth-order valence-corrected chi connectivity index (χ4v) is 5.83. The molecule has 3 heteroatoms. The first-order chi connectivity index (χ1) is 17.5. The van der Waals surface area contributed by atoms with E-state index in [1.54, 1.807) is 6.07 Å². The third kappa shape index (κ3) is 8.21. The first-order valence-corrected chi connectivity index (χ1v) is 13.7. The molecule has 0 spiro atoms. The average Bonchev–Trinajstić information content (AvgIpc) is 2.77. The molecule has 0 amide bonds. The molecule has 3 aromatic carbocycles. The van der Waals surface area contributed by atoms with Crippen LogP contribution in [0.25, 0.3) is 0 Å². The molecule has 0 radical (unpaired) electrons. The average molecular weight is 515 g/mol. The van der Waals surface area contributed by atoms with Gasteiger partial charge in [-0.25, -0.2) is 4.79 Å². The van der Waals surface area contributed by atoms with Crippen LogP contribution in [-0.4, -0.2) is 5.97 Å². The summed E-state index contributed by atoms with van der Waals surface area (Å²) in [5, 5.41) is 0. The quantitative estimate of drug-likeness (QED) is 0.221. The van der Waals surface area contributed by atoms with Crippen LogP contribution in [0.1, 0.15) is 104 Å². The SMILES string of the molecule is CC(C)(C)CC(C)(C)c1cccc(OC(=O)c2ccccc2Oc2cccc(C(C)(C)CC(C)(C)C)c2)c1. The first-order valence-electron chi connectivity index (χ1n) is 13.7. The zero-order chi connectivity index (χ0) is 28.4. The highest BCUT2D eigenvalue weighted by atomic mass is 16.5. The first kappa shape index (κ1) is 29.5. The summed E-state index contributed by atoms with van der Waals surface area (Å²) in [5.41, 5.74) is 3.08. The summed E-state index contributed by atoms with van der Waals surface area (Å²) in [6.45, 7) is 22.5. The third-order valence-corrected chi connectivity index (χ3v) is 6.72. The summed E-state index contributed by atoms with van der Waals surface area (Å²) in [5.74, 6) is 1.29. The summed E-state index contributed by atoms with van der Waals surface area (Å²) in [6.07, 6.45) is 2.05. The summed E-state index contributed by atoms with van der Waals surface area (Å²) < 4.78 is 12.1. The van der Waals surface area contributed by atoms with E-state index in [4.69, 9.17) is 9.47 Å². The van der Waals surface area contributed by atoms with Crippen molar-refractivity contribution in [2.75, 3.05) is 0 Å². The summed E-state index contributed by atoms with van der Waals surface area (Å²) in [6, 6.07) is 23.3. The smallest absolute Gasteiger partial charge is 0.347 e. The van der Waals surface area contributed by atoms with E-state index in [-0.39, 0.29) is 21.7 Å². The maximum Gasteiger partial charge on any atom is 0.347 e. The Bertz CT molecular complexity index is 1250. The van der Waals surface area contributed by atoms with E-state index in [0.717, 1.165) is 18.4 Å². The highest BCUT2D eigenvalue weighted by Gasteiger charge is 2.29. The minimum Gasteiger partial charge on any atom is -0.456 e. The highest BCUT2D eigenvalue weighted by Crippen LogP contribution is 2.39. The van der Waals surface area contributed by atoms with Gasteiger partial charge in [0.2, 0.25) is 0 Å². The largest absolute Gasteiger partial charge is 0.456 e. The second kappa shape index (κ2) is 11.0. The van der Waals surface area contributed by atoms with Gasteiger partial charge >= 0.3 is 5.97 Å². The molecule has 204 valence electrons. The second-order valence-electron chi connectivity index (χ2n) is 14.3. The molecule has 0 atom stereocenters. The lowest BCUT2D eigenvalue weighted by atomic mass is 9.72. The Labute approximate surface area is 230 Å². The lowest BCUT2D eigenvalue weighted by Crippen LogP contribution is -2.24. The van der Waals surface area contributed by atoms with Crippen LogP contribution < -0.4 is 9.47 Å². The summed E-state index contributed by atoms with van der Waals surface area (Å²) in [4.78, 5) is 13.3. The Morgan fingerprint density at radius 1 is 0.605 bits per heavy atom. The molecule has 3 nitrogen and oxygen atoms in total. The molecule has 0 bridgehead atoms. The number of carbonyl (C=O) groups is 1. The molecule has 0 saturated heterocycles. The van der Waals surface area contributed by atoms with Crippen LogP contribution in [0.4, 0.5) is 0 Å². The van der Waals surface area contributed by atoms with Gasteiger partial charge < -0.3 is 9.47 Å². The van der Waals surface area contributed by atoms with E-state index < -0.39 is 5.97 Å². The molecule has 0 saturated carbocycles. The zero-order valence-corrected chi connectivity index (χ0v) is 25.1. The Morgan fingerprint density at radius 2 is 1.08 bits per heavy atom. The number of hydrogen-bond donors (Lipinski definition) is 0. The molecular weight excluding hydrogens is 468 g/mol. The van der Waals surface area contributed by atoms with Crippen LogP contribution in [0.3, 0.4) is 0 Å². The van der Waals surface area contributed by atoms with Crippen molar-refractivity contribution < 1.29 is 14.3 Å². The van der Waals surface area contributed by atoms with Gasteiger partial charge in [-0.3, -0.25) is 0 Å². The maximum atomic E-state index is 13.3. The number of esters is 1. The van der Waals surface area contributed by atoms with Crippen LogP contribution in [0.15, 0.2) is 72.8 Å². The van der Waals surface area contributed by atoms with Crippen molar-refractivity contribution in [3.63, 3.8) is 0 Å². The van der Waals surface area contributed by atoms with Gasteiger partial charge in [0.15, 0.2) is 0 Å². The monoisotopic (exact) mass is 514 g/mol. The normalized spacial score (nSPS) is 12.8. The Hall–Kier alpha value is -3.07. The number of rotatable bonds is 8. The minimum absolute atomic E-state index is 0.0121. The Kier molecular flexibility index (Phi) is 8.51. The van der Waals surface area contributed by atoms with Gasteiger partial charge in [-0.15, -0.1) is 0 Å². The number of benzene rings is 3. The van der Waals surface area contributed by atoms with E-state index in [9.17, 15) is 4.79 Å². The molecule has 0 fully saturated rings. The van der Waals surface area contributed by atoms with Crippen molar-refractivity contribution >= 4 is 5.97 Å². The fraction of sp³-hybridized carbons (Fsp3) is 0.457. The molecular formula is C35H46O3. The van der Waals surface area contributed by atoms with Crippen LogP contribution in [0.5, 0.6) is 17.2 Å². The van der Waals surface area contributed by atoms with Crippen molar-refractivity contribution in [2.45, 2.75) is 92.9 Å². The van der Waals surface area contributed by atoms with Crippen molar-refractivity contribution in [2.24, 2.45) is 10.8 Å². The molecule has 0 N–H and O–H groups in total. The van der Waals surface area contributed by atoms with E-state index >= 15 is 0 Å². The van der Waals surface area contributed by atoms with Crippen LogP contribution >= 0.6 is 0 Å². The summed E-state index contributed by atoms with van der Waals surface area (Å²) >= 11 is 0.